The van der Waals surface area contributed by atoms with Crippen LogP contribution in [0.3, 0.4) is 0 Å². The van der Waals surface area contributed by atoms with Crippen LogP contribution in [0.15, 0.2) is 29.8 Å². The Morgan fingerprint density at radius 3 is 2.62 bits per heavy atom. The summed E-state index contributed by atoms with van der Waals surface area (Å²) in [7, 11) is -4.69. The van der Waals surface area contributed by atoms with Gasteiger partial charge in [0.05, 0.1) is 26.3 Å². The summed E-state index contributed by atoms with van der Waals surface area (Å²) in [6.45, 7) is 4.72. The van der Waals surface area contributed by atoms with Gasteiger partial charge in [0.2, 0.25) is 0 Å². The molecule has 0 amide bonds. The van der Waals surface area contributed by atoms with E-state index in [9.17, 15) is 0 Å². The molecule has 0 bridgehead atoms. The molecule has 0 radical (unpaired) electrons. The fourth-order valence-corrected chi connectivity index (χ4v) is 4.04. The van der Waals surface area contributed by atoms with Crippen molar-refractivity contribution < 1.29 is 28.9 Å². The maximum atomic E-state index is 8.60. The molecule has 0 unspecified atom stereocenters. The SMILES string of the molecule is CCCCC1=C2c3[nH]c4ccccc4c3CCN2CCC1.[O-][Cl+3]([O-])([O-])O. The minimum Gasteiger partial charge on any atom is -0.370 e. The fraction of sp³-hybridized carbons (Fsp3) is 0.474. The third kappa shape index (κ3) is 4.39. The van der Waals surface area contributed by atoms with E-state index in [4.69, 9.17) is 18.6 Å². The molecule has 3 heterocycles. The second-order valence-corrected chi connectivity index (χ2v) is 7.61. The smallest absolute Gasteiger partial charge is 0.0777 e. The zero-order chi connectivity index (χ0) is 18.7. The van der Waals surface area contributed by atoms with Crippen molar-refractivity contribution in [3.8, 4) is 0 Å². The number of rotatable bonds is 3. The largest absolute Gasteiger partial charge is 0.370 e. The molecule has 26 heavy (non-hydrogen) atoms. The maximum Gasteiger partial charge on any atom is 0.0777 e. The standard InChI is InChI=1S/C19H24N2.ClHO4/c1-2-3-7-14-8-6-12-21-13-11-16-15-9-4-5-10-17(15)20-18(16)19(14)21;2-1(3,4)5/h4-5,9-10,20H,2-3,6-8,11-13H2,1H3;(H,2,3,4,5). The second kappa shape index (κ2) is 7.98. The topological polar surface area (TPSA) is 108 Å². The summed E-state index contributed by atoms with van der Waals surface area (Å²) in [5.41, 5.74) is 7.51. The molecule has 0 saturated heterocycles. The van der Waals surface area contributed by atoms with Crippen molar-refractivity contribution in [2.45, 2.75) is 45.4 Å². The van der Waals surface area contributed by atoms with Gasteiger partial charge in [-0.05, 0) is 49.3 Å². The Hall–Kier alpha value is -1.57. The van der Waals surface area contributed by atoms with Crippen LogP contribution in [0, 0.1) is 10.2 Å². The number of halogens is 1. The number of H-pyrrole nitrogens is 1. The van der Waals surface area contributed by atoms with Crippen molar-refractivity contribution in [1.29, 1.82) is 0 Å². The minimum absolute atomic E-state index is 1.18. The molecule has 0 aliphatic carbocycles. The second-order valence-electron chi connectivity index (χ2n) is 6.82. The number of aromatic amines is 1. The van der Waals surface area contributed by atoms with Gasteiger partial charge in [0.1, 0.15) is 0 Å². The summed E-state index contributed by atoms with van der Waals surface area (Å²) in [4.78, 5) is 6.35. The van der Waals surface area contributed by atoms with Gasteiger partial charge in [0.25, 0.3) is 0 Å². The molecular formula is C19H25ClN2O4. The predicted octanol–water partition coefficient (Wildman–Crippen LogP) is 0.597. The number of aromatic nitrogens is 1. The van der Waals surface area contributed by atoms with Crippen molar-refractivity contribution in [1.82, 2.24) is 9.88 Å². The first-order chi connectivity index (χ1) is 12.4. The molecule has 0 spiro atoms. The van der Waals surface area contributed by atoms with E-state index in [-0.39, 0.29) is 0 Å². The highest BCUT2D eigenvalue weighted by Gasteiger charge is 2.29. The van der Waals surface area contributed by atoms with Crippen molar-refractivity contribution in [3.05, 3.63) is 41.1 Å². The zero-order valence-electron chi connectivity index (χ0n) is 15.0. The van der Waals surface area contributed by atoms with Crippen LogP contribution < -0.4 is 14.0 Å². The van der Waals surface area contributed by atoms with Crippen LogP contribution >= 0.6 is 0 Å². The van der Waals surface area contributed by atoms with E-state index in [1.165, 1.54) is 68.2 Å². The molecule has 2 aromatic rings. The lowest BCUT2D eigenvalue weighted by Gasteiger charge is -2.37. The number of nitrogens with one attached hydrogen (secondary N) is 1. The lowest BCUT2D eigenvalue weighted by Crippen LogP contribution is -2.58. The van der Waals surface area contributed by atoms with E-state index in [1.54, 1.807) is 16.8 Å². The summed E-state index contributed by atoms with van der Waals surface area (Å²) in [5, 5.41) is 1.43. The van der Waals surface area contributed by atoms with Gasteiger partial charge in [-0.3, -0.25) is 0 Å². The first-order valence-electron chi connectivity index (χ1n) is 9.08. The van der Waals surface area contributed by atoms with Crippen LogP contribution in [0.1, 0.15) is 50.3 Å². The summed E-state index contributed by atoms with van der Waals surface area (Å²) >= 11 is 0. The van der Waals surface area contributed by atoms with Gasteiger partial charge in [-0.1, -0.05) is 31.5 Å². The molecule has 2 aliphatic heterocycles. The molecule has 0 saturated carbocycles. The van der Waals surface area contributed by atoms with Crippen molar-refractivity contribution in [2.75, 3.05) is 13.1 Å². The van der Waals surface area contributed by atoms with Gasteiger partial charge in [0.15, 0.2) is 0 Å². The third-order valence-corrected chi connectivity index (χ3v) is 5.07. The Bertz CT molecular complexity index is 788. The Labute approximate surface area is 155 Å². The van der Waals surface area contributed by atoms with Crippen LogP contribution in [-0.2, 0) is 6.42 Å². The lowest BCUT2D eigenvalue weighted by molar-refractivity contribution is -1.92. The molecule has 7 heteroatoms. The van der Waals surface area contributed by atoms with Gasteiger partial charge < -0.3 is 9.88 Å². The van der Waals surface area contributed by atoms with E-state index in [2.05, 4.69) is 41.1 Å². The maximum absolute atomic E-state index is 8.60. The number of unbranched alkanes of at least 4 members (excludes halogenated alkanes) is 1. The molecule has 1 aromatic heterocycles. The summed E-state index contributed by atoms with van der Waals surface area (Å²) in [5.74, 6) is 0. The van der Waals surface area contributed by atoms with Gasteiger partial charge >= 0.3 is 0 Å². The fourth-order valence-electron chi connectivity index (χ4n) is 4.04. The quantitative estimate of drug-likeness (QED) is 0.810. The highest BCUT2D eigenvalue weighted by Crippen LogP contribution is 2.39. The summed E-state index contributed by atoms with van der Waals surface area (Å²) in [6.07, 6.45) is 7.69. The van der Waals surface area contributed by atoms with Gasteiger partial charge in [-0.15, -0.1) is 0 Å². The number of nitrogens with zero attached hydrogens (tertiary/aromatic N) is 1. The van der Waals surface area contributed by atoms with E-state index < -0.39 is 10.2 Å². The van der Waals surface area contributed by atoms with Crippen LogP contribution in [0.5, 0.6) is 0 Å². The normalized spacial score (nSPS) is 16.9. The molecule has 4 rings (SSSR count). The van der Waals surface area contributed by atoms with Crippen LogP contribution in [-0.4, -0.2) is 27.6 Å². The van der Waals surface area contributed by atoms with E-state index in [1.807, 2.05) is 0 Å². The zero-order valence-corrected chi connectivity index (χ0v) is 15.7. The number of hydrogen-bond donors (Lipinski definition) is 2. The summed E-state index contributed by atoms with van der Waals surface area (Å²) < 4.78 is 32.7. The van der Waals surface area contributed by atoms with Gasteiger partial charge in [-0.2, -0.15) is 14.0 Å². The van der Waals surface area contributed by atoms with E-state index in [0.29, 0.717) is 0 Å². The van der Waals surface area contributed by atoms with Crippen molar-refractivity contribution in [3.63, 3.8) is 0 Å². The van der Waals surface area contributed by atoms with Crippen LogP contribution in [0.4, 0.5) is 0 Å². The third-order valence-electron chi connectivity index (χ3n) is 5.07. The highest BCUT2D eigenvalue weighted by atomic mass is 35.7. The van der Waals surface area contributed by atoms with Crippen molar-refractivity contribution >= 4 is 16.6 Å². The average molecular weight is 381 g/mol. The van der Waals surface area contributed by atoms with Crippen molar-refractivity contribution in [2.24, 2.45) is 0 Å². The molecule has 0 atom stereocenters. The molecule has 142 valence electrons. The van der Waals surface area contributed by atoms with Crippen LogP contribution in [0.2, 0.25) is 0 Å². The Morgan fingerprint density at radius 1 is 1.15 bits per heavy atom. The highest BCUT2D eigenvalue weighted by molar-refractivity contribution is 5.90. The first kappa shape index (κ1) is 19.2. The van der Waals surface area contributed by atoms with E-state index >= 15 is 0 Å². The molecule has 2 N–H and O–H groups in total. The number of hydrogen-bond acceptors (Lipinski definition) is 5. The Balaban J connectivity index is 0.000000349. The molecule has 2 aliphatic rings. The van der Waals surface area contributed by atoms with Gasteiger partial charge in [0, 0.05) is 24.0 Å². The number of benzene rings is 1. The minimum atomic E-state index is -4.69. The summed E-state index contributed by atoms with van der Waals surface area (Å²) in [6, 6.07) is 8.79. The molecule has 1 aromatic carbocycles. The number of para-hydroxylation sites is 1. The molecule has 6 nitrogen and oxygen atoms in total. The van der Waals surface area contributed by atoms with Gasteiger partial charge in [-0.25, -0.2) is 0 Å². The number of allylic oxidation sites excluding steroid dienone is 1. The Kier molecular flexibility index (Phi) is 5.89. The monoisotopic (exact) mass is 380 g/mol. The lowest BCUT2D eigenvalue weighted by atomic mass is 9.90. The predicted molar refractivity (Wildman–Crippen MR) is 91.5 cm³/mol. The first-order valence-corrected chi connectivity index (χ1v) is 10.3. The molecule has 0 fully saturated rings. The Morgan fingerprint density at radius 2 is 1.88 bits per heavy atom. The van der Waals surface area contributed by atoms with E-state index in [0.717, 1.165) is 0 Å². The van der Waals surface area contributed by atoms with Crippen LogP contribution in [0.25, 0.3) is 16.6 Å². The molecular weight excluding hydrogens is 356 g/mol. The number of fused-ring (bicyclic) bond motifs is 5. The average Bonchev–Trinajstić information content (AvgIpc) is 2.97.